The molecule has 0 unspecified atom stereocenters. The maximum Gasteiger partial charge on any atom is 0.294 e. The van der Waals surface area contributed by atoms with E-state index in [1.165, 1.54) is 18.2 Å². The summed E-state index contributed by atoms with van der Waals surface area (Å²) in [4.78, 5) is 12.0. The molecular weight excluding hydrogens is 404 g/mol. The quantitative estimate of drug-likeness (QED) is 0.564. The average molecular weight is 418 g/mol. The molecule has 1 aliphatic heterocycles. The van der Waals surface area contributed by atoms with Gasteiger partial charge in [-0.2, -0.15) is 4.31 Å². The highest BCUT2D eigenvalue weighted by Gasteiger charge is 2.31. The average Bonchev–Trinajstić information content (AvgIpc) is 2.64. The van der Waals surface area contributed by atoms with Crippen LogP contribution in [-0.4, -0.2) is 43.8 Å². The number of hydrogen-bond acceptors (Lipinski definition) is 5. The van der Waals surface area contributed by atoms with Crippen LogP contribution in [0.2, 0.25) is 5.02 Å². The van der Waals surface area contributed by atoms with E-state index in [0.29, 0.717) is 11.8 Å². The minimum absolute atomic E-state index is 0.0428. The molecule has 0 aromatic heterocycles. The number of nitro groups is 1. The molecule has 11 heteroatoms. The molecule has 0 atom stereocenters. The van der Waals surface area contributed by atoms with Gasteiger partial charge in [0.1, 0.15) is 5.69 Å². The number of benzene rings is 2. The Bertz CT molecular complexity index is 995. The largest absolute Gasteiger partial charge is 0.363 e. The zero-order chi connectivity index (χ0) is 19.8. The Morgan fingerprint density at radius 3 is 2.26 bits per heavy atom. The van der Waals surface area contributed by atoms with E-state index in [4.69, 9.17) is 11.6 Å². The molecule has 1 heterocycles. The lowest BCUT2D eigenvalue weighted by molar-refractivity contribution is -0.384. The highest BCUT2D eigenvalue weighted by atomic mass is 35.5. The van der Waals surface area contributed by atoms with Crippen molar-refractivity contribution in [3.8, 4) is 0 Å². The molecule has 0 N–H and O–H groups in total. The lowest BCUT2D eigenvalue weighted by Crippen LogP contribution is -2.48. The standard InChI is InChI=1S/C16H14ClF2N3O4S/c17-11-1-4-15(16(9-11)22(23)24)20-5-7-21(8-6-20)27(25,26)12-2-3-13(18)14(19)10-12/h1-4,9-10H,5-8H2. The Labute approximate surface area is 159 Å². The second kappa shape index (κ2) is 7.37. The molecular formula is C16H14ClF2N3O4S. The highest BCUT2D eigenvalue weighted by molar-refractivity contribution is 7.89. The SMILES string of the molecule is O=[N+]([O-])c1cc(Cl)ccc1N1CCN(S(=O)(=O)c2ccc(F)c(F)c2)CC1. The van der Waals surface area contributed by atoms with Crippen molar-refractivity contribution in [3.05, 3.63) is 63.2 Å². The Balaban J connectivity index is 1.79. The second-order valence-electron chi connectivity index (χ2n) is 5.86. The van der Waals surface area contributed by atoms with Crippen molar-refractivity contribution < 1.29 is 22.1 Å². The molecule has 0 saturated carbocycles. The first-order chi connectivity index (χ1) is 12.7. The number of halogens is 3. The maximum atomic E-state index is 13.4. The van der Waals surface area contributed by atoms with Crippen LogP contribution in [0.5, 0.6) is 0 Å². The number of hydrogen-bond donors (Lipinski definition) is 0. The molecule has 1 aliphatic rings. The first kappa shape index (κ1) is 19.5. The van der Waals surface area contributed by atoms with Crippen molar-refractivity contribution in [2.75, 3.05) is 31.1 Å². The van der Waals surface area contributed by atoms with Crippen LogP contribution in [0.25, 0.3) is 0 Å². The van der Waals surface area contributed by atoms with Gasteiger partial charge in [0.15, 0.2) is 11.6 Å². The maximum absolute atomic E-state index is 13.4. The van der Waals surface area contributed by atoms with Crippen LogP contribution in [0.3, 0.4) is 0 Å². The Morgan fingerprint density at radius 1 is 1.00 bits per heavy atom. The molecule has 0 radical (unpaired) electrons. The fraction of sp³-hybridized carbons (Fsp3) is 0.250. The van der Waals surface area contributed by atoms with Crippen LogP contribution in [0, 0.1) is 21.7 Å². The van der Waals surface area contributed by atoms with Gasteiger partial charge < -0.3 is 4.90 Å². The summed E-state index contributed by atoms with van der Waals surface area (Å²) in [6.45, 7) is 0.485. The van der Waals surface area contributed by atoms with Crippen LogP contribution < -0.4 is 4.90 Å². The molecule has 0 amide bonds. The number of nitrogens with zero attached hydrogens (tertiary/aromatic N) is 3. The second-order valence-corrected chi connectivity index (χ2v) is 8.23. The van der Waals surface area contributed by atoms with Gasteiger partial charge in [-0.3, -0.25) is 10.1 Å². The van der Waals surface area contributed by atoms with E-state index in [-0.39, 0.29) is 41.8 Å². The molecule has 1 fully saturated rings. The minimum atomic E-state index is -4.00. The molecule has 27 heavy (non-hydrogen) atoms. The lowest BCUT2D eigenvalue weighted by Gasteiger charge is -2.35. The van der Waals surface area contributed by atoms with E-state index in [1.807, 2.05) is 0 Å². The van der Waals surface area contributed by atoms with E-state index >= 15 is 0 Å². The summed E-state index contributed by atoms with van der Waals surface area (Å²) in [5.74, 6) is -2.37. The summed E-state index contributed by atoms with van der Waals surface area (Å²) in [6.07, 6.45) is 0. The molecule has 1 saturated heterocycles. The van der Waals surface area contributed by atoms with Crippen LogP contribution in [0.15, 0.2) is 41.3 Å². The van der Waals surface area contributed by atoms with Gasteiger partial charge >= 0.3 is 0 Å². The summed E-state index contributed by atoms with van der Waals surface area (Å²) in [6, 6.07) is 6.68. The predicted octanol–water partition coefficient (Wildman–Crippen LogP) is 3.04. The molecule has 3 rings (SSSR count). The van der Waals surface area contributed by atoms with E-state index in [1.54, 1.807) is 4.90 Å². The fourth-order valence-electron chi connectivity index (χ4n) is 2.87. The number of nitro benzene ring substituents is 1. The molecule has 144 valence electrons. The van der Waals surface area contributed by atoms with Gasteiger partial charge in [-0.1, -0.05) is 11.6 Å². The summed E-state index contributed by atoms with van der Waals surface area (Å²) >= 11 is 5.81. The van der Waals surface area contributed by atoms with Crippen molar-refractivity contribution in [1.82, 2.24) is 4.31 Å². The van der Waals surface area contributed by atoms with Crippen molar-refractivity contribution in [2.45, 2.75) is 4.90 Å². The van der Waals surface area contributed by atoms with Gasteiger partial charge in [0.2, 0.25) is 10.0 Å². The van der Waals surface area contributed by atoms with Crippen LogP contribution in [-0.2, 0) is 10.0 Å². The highest BCUT2D eigenvalue weighted by Crippen LogP contribution is 2.32. The van der Waals surface area contributed by atoms with Crippen molar-refractivity contribution >= 4 is 33.0 Å². The first-order valence-corrected chi connectivity index (χ1v) is 9.66. The normalized spacial score (nSPS) is 15.7. The van der Waals surface area contributed by atoms with Crippen LogP contribution >= 0.6 is 11.6 Å². The van der Waals surface area contributed by atoms with Gasteiger partial charge in [0.25, 0.3) is 5.69 Å². The lowest BCUT2D eigenvalue weighted by atomic mass is 10.2. The van der Waals surface area contributed by atoms with E-state index in [9.17, 15) is 27.3 Å². The summed E-state index contributed by atoms with van der Waals surface area (Å²) in [7, 11) is -4.00. The number of piperazine rings is 1. The van der Waals surface area contributed by atoms with Gasteiger partial charge in [0, 0.05) is 37.3 Å². The van der Waals surface area contributed by atoms with Crippen molar-refractivity contribution in [1.29, 1.82) is 0 Å². The Morgan fingerprint density at radius 2 is 1.67 bits per heavy atom. The fourth-order valence-corrected chi connectivity index (χ4v) is 4.47. The molecule has 0 spiro atoms. The summed E-state index contributed by atoms with van der Waals surface area (Å²) < 4.78 is 52.8. The van der Waals surface area contributed by atoms with Gasteiger partial charge in [-0.15, -0.1) is 0 Å². The minimum Gasteiger partial charge on any atom is -0.363 e. The zero-order valence-corrected chi connectivity index (χ0v) is 15.4. The molecule has 2 aromatic rings. The van der Waals surface area contributed by atoms with Gasteiger partial charge in [0.05, 0.1) is 9.82 Å². The van der Waals surface area contributed by atoms with E-state index in [2.05, 4.69) is 0 Å². The van der Waals surface area contributed by atoms with Crippen molar-refractivity contribution in [2.24, 2.45) is 0 Å². The van der Waals surface area contributed by atoms with Crippen LogP contribution in [0.4, 0.5) is 20.2 Å². The van der Waals surface area contributed by atoms with Gasteiger partial charge in [-0.05, 0) is 30.3 Å². The summed E-state index contributed by atoms with van der Waals surface area (Å²) in [5.41, 5.74) is 0.175. The monoisotopic (exact) mass is 417 g/mol. The number of rotatable bonds is 4. The smallest absolute Gasteiger partial charge is 0.294 e. The van der Waals surface area contributed by atoms with Gasteiger partial charge in [-0.25, -0.2) is 17.2 Å². The van der Waals surface area contributed by atoms with E-state index in [0.717, 1.165) is 16.4 Å². The third-order valence-electron chi connectivity index (χ3n) is 4.24. The number of anilines is 1. The Kier molecular flexibility index (Phi) is 5.31. The first-order valence-electron chi connectivity index (χ1n) is 7.84. The molecule has 0 bridgehead atoms. The predicted molar refractivity (Wildman–Crippen MR) is 95.4 cm³/mol. The topological polar surface area (TPSA) is 83.8 Å². The van der Waals surface area contributed by atoms with Crippen LogP contribution in [0.1, 0.15) is 0 Å². The molecule has 7 nitrogen and oxygen atoms in total. The molecule has 0 aliphatic carbocycles. The Hall–Kier alpha value is -2.30. The third kappa shape index (κ3) is 3.87. The third-order valence-corrected chi connectivity index (χ3v) is 6.37. The van der Waals surface area contributed by atoms with Crippen molar-refractivity contribution in [3.63, 3.8) is 0 Å². The number of sulfonamides is 1. The van der Waals surface area contributed by atoms with E-state index < -0.39 is 26.6 Å². The zero-order valence-electron chi connectivity index (χ0n) is 13.8. The molecule has 2 aromatic carbocycles. The summed E-state index contributed by atoms with van der Waals surface area (Å²) in [5, 5.41) is 11.5.